The number of hydrazone groups is 1. The molecule has 34 heavy (non-hydrogen) atoms. The van der Waals surface area contributed by atoms with Crippen molar-refractivity contribution in [1.82, 2.24) is 5.43 Å². The highest BCUT2D eigenvalue weighted by molar-refractivity contribution is 6.40. The molecule has 3 rings (SSSR count). The lowest BCUT2D eigenvalue weighted by molar-refractivity contribution is -0.136. The first kappa shape index (κ1) is 25.4. The number of carbonyl (C=O) groups is 2. The molecular formula is C24H20Cl3N3O4. The van der Waals surface area contributed by atoms with Crippen LogP contribution in [0, 0.1) is 0 Å². The van der Waals surface area contributed by atoms with Crippen LogP contribution in [0.5, 0.6) is 11.5 Å². The lowest BCUT2D eigenvalue weighted by Crippen LogP contribution is -2.33. The fourth-order valence-electron chi connectivity index (χ4n) is 2.83. The van der Waals surface area contributed by atoms with Crippen LogP contribution in [0.15, 0.2) is 65.8 Å². The number of halogens is 3. The Labute approximate surface area is 211 Å². The Morgan fingerprint density at radius 1 is 0.941 bits per heavy atom. The maximum absolute atomic E-state index is 12.2. The standard InChI is InChI=1S/C24H20Cl3N3O4/c1-14(29-30-24(32)23(31)28-21-12-16(25)8-11-22(21)33-2)15-6-9-17(10-7-15)34-13-18-19(26)4-3-5-20(18)27/h3-12H,13H2,1-2H3,(H,28,31)(H,30,32). The van der Waals surface area contributed by atoms with Crippen molar-refractivity contribution in [3.05, 3.63) is 86.9 Å². The Morgan fingerprint density at radius 3 is 2.26 bits per heavy atom. The quantitative estimate of drug-likeness (QED) is 0.237. The van der Waals surface area contributed by atoms with Gasteiger partial charge in [-0.15, -0.1) is 0 Å². The minimum absolute atomic E-state index is 0.216. The van der Waals surface area contributed by atoms with Crippen LogP contribution in [-0.2, 0) is 16.2 Å². The monoisotopic (exact) mass is 519 g/mol. The van der Waals surface area contributed by atoms with E-state index in [0.29, 0.717) is 37.8 Å². The van der Waals surface area contributed by atoms with Crippen molar-refractivity contribution < 1.29 is 19.1 Å². The lowest BCUT2D eigenvalue weighted by atomic mass is 10.1. The van der Waals surface area contributed by atoms with Gasteiger partial charge in [-0.05, 0) is 67.1 Å². The predicted molar refractivity (Wildman–Crippen MR) is 134 cm³/mol. The van der Waals surface area contributed by atoms with E-state index >= 15 is 0 Å². The van der Waals surface area contributed by atoms with Gasteiger partial charge in [-0.3, -0.25) is 9.59 Å². The van der Waals surface area contributed by atoms with Gasteiger partial charge in [0.25, 0.3) is 0 Å². The van der Waals surface area contributed by atoms with E-state index in [1.807, 2.05) is 0 Å². The van der Waals surface area contributed by atoms with Gasteiger partial charge in [0.2, 0.25) is 0 Å². The summed E-state index contributed by atoms with van der Waals surface area (Å²) in [5.74, 6) is -0.896. The molecule has 0 unspecified atom stereocenters. The Balaban J connectivity index is 1.58. The normalized spacial score (nSPS) is 11.0. The van der Waals surface area contributed by atoms with E-state index in [4.69, 9.17) is 44.3 Å². The molecule has 0 saturated carbocycles. The molecule has 0 saturated heterocycles. The third kappa shape index (κ3) is 6.63. The van der Waals surface area contributed by atoms with E-state index in [-0.39, 0.29) is 12.3 Å². The molecule has 2 amide bonds. The fraction of sp³-hybridized carbons (Fsp3) is 0.125. The summed E-state index contributed by atoms with van der Waals surface area (Å²) in [6.45, 7) is 1.91. The van der Waals surface area contributed by atoms with Crippen molar-refractivity contribution in [2.24, 2.45) is 5.10 Å². The molecule has 0 aromatic heterocycles. The molecule has 7 nitrogen and oxygen atoms in total. The maximum Gasteiger partial charge on any atom is 0.329 e. The molecule has 0 bridgehead atoms. The molecule has 10 heteroatoms. The predicted octanol–water partition coefficient (Wildman–Crippen LogP) is 5.71. The van der Waals surface area contributed by atoms with Crippen LogP contribution < -0.4 is 20.2 Å². The van der Waals surface area contributed by atoms with Gasteiger partial charge >= 0.3 is 11.8 Å². The van der Waals surface area contributed by atoms with Gasteiger partial charge in [-0.1, -0.05) is 40.9 Å². The number of nitrogens with one attached hydrogen (secondary N) is 2. The van der Waals surface area contributed by atoms with Gasteiger partial charge in [0, 0.05) is 20.6 Å². The largest absolute Gasteiger partial charge is 0.495 e. The van der Waals surface area contributed by atoms with Crippen molar-refractivity contribution >= 4 is 58.0 Å². The molecule has 2 N–H and O–H groups in total. The zero-order valence-electron chi connectivity index (χ0n) is 18.2. The van der Waals surface area contributed by atoms with E-state index in [0.717, 1.165) is 5.56 Å². The fourth-order valence-corrected chi connectivity index (χ4v) is 3.50. The second-order valence-corrected chi connectivity index (χ2v) is 8.20. The summed E-state index contributed by atoms with van der Waals surface area (Å²) in [5.41, 5.74) is 4.41. The molecule has 0 aliphatic heterocycles. The highest BCUT2D eigenvalue weighted by Gasteiger charge is 2.16. The molecule has 3 aromatic rings. The van der Waals surface area contributed by atoms with Gasteiger partial charge in [-0.2, -0.15) is 5.10 Å². The van der Waals surface area contributed by atoms with Crippen LogP contribution in [-0.4, -0.2) is 24.6 Å². The van der Waals surface area contributed by atoms with Crippen molar-refractivity contribution in [3.8, 4) is 11.5 Å². The Kier molecular flexibility index (Phi) is 8.76. The average molecular weight is 521 g/mol. The number of hydrogen-bond donors (Lipinski definition) is 2. The molecule has 0 aliphatic carbocycles. The van der Waals surface area contributed by atoms with Crippen LogP contribution >= 0.6 is 34.8 Å². The van der Waals surface area contributed by atoms with Crippen LogP contribution in [0.1, 0.15) is 18.1 Å². The van der Waals surface area contributed by atoms with Gasteiger partial charge in [0.15, 0.2) is 0 Å². The van der Waals surface area contributed by atoms with E-state index in [2.05, 4.69) is 15.8 Å². The van der Waals surface area contributed by atoms with Gasteiger partial charge < -0.3 is 14.8 Å². The highest BCUT2D eigenvalue weighted by Crippen LogP contribution is 2.28. The average Bonchev–Trinajstić information content (AvgIpc) is 2.82. The molecule has 0 radical (unpaired) electrons. The van der Waals surface area contributed by atoms with Crippen molar-refractivity contribution in [3.63, 3.8) is 0 Å². The SMILES string of the molecule is COc1ccc(Cl)cc1NC(=O)C(=O)NN=C(C)c1ccc(OCc2c(Cl)cccc2Cl)cc1. The number of carbonyl (C=O) groups excluding carboxylic acids is 2. The summed E-state index contributed by atoms with van der Waals surface area (Å²) in [7, 11) is 1.44. The number of nitrogens with zero attached hydrogens (tertiary/aromatic N) is 1. The summed E-state index contributed by atoms with van der Waals surface area (Å²) in [4.78, 5) is 24.3. The molecule has 0 heterocycles. The first-order valence-electron chi connectivity index (χ1n) is 9.93. The molecule has 0 spiro atoms. The second-order valence-electron chi connectivity index (χ2n) is 6.95. The van der Waals surface area contributed by atoms with E-state index in [1.54, 1.807) is 61.5 Å². The molecule has 3 aromatic carbocycles. The van der Waals surface area contributed by atoms with E-state index < -0.39 is 11.8 Å². The minimum atomic E-state index is -0.946. The maximum atomic E-state index is 12.2. The summed E-state index contributed by atoms with van der Waals surface area (Å²) >= 11 is 18.2. The van der Waals surface area contributed by atoms with Gasteiger partial charge in [0.05, 0.1) is 18.5 Å². The van der Waals surface area contributed by atoms with Crippen LogP contribution in [0.2, 0.25) is 15.1 Å². The third-order valence-electron chi connectivity index (χ3n) is 4.66. The number of amides is 2. The van der Waals surface area contributed by atoms with Crippen molar-refractivity contribution in [1.29, 1.82) is 0 Å². The number of hydrogen-bond acceptors (Lipinski definition) is 5. The smallest absolute Gasteiger partial charge is 0.329 e. The Morgan fingerprint density at radius 2 is 1.62 bits per heavy atom. The zero-order chi connectivity index (χ0) is 24.7. The molecule has 0 fully saturated rings. The number of benzene rings is 3. The number of methoxy groups -OCH3 is 1. The second kappa shape index (κ2) is 11.7. The van der Waals surface area contributed by atoms with Crippen LogP contribution in [0.25, 0.3) is 0 Å². The van der Waals surface area contributed by atoms with Crippen molar-refractivity contribution in [2.75, 3.05) is 12.4 Å². The molecule has 0 atom stereocenters. The van der Waals surface area contributed by atoms with Gasteiger partial charge in [-0.25, -0.2) is 5.43 Å². The first-order chi connectivity index (χ1) is 16.3. The Hall–Kier alpha value is -3.26. The summed E-state index contributed by atoms with van der Waals surface area (Å²) in [5, 5.41) is 7.87. The highest BCUT2D eigenvalue weighted by atomic mass is 35.5. The van der Waals surface area contributed by atoms with E-state index in [9.17, 15) is 9.59 Å². The zero-order valence-corrected chi connectivity index (χ0v) is 20.5. The van der Waals surface area contributed by atoms with Crippen molar-refractivity contribution in [2.45, 2.75) is 13.5 Å². The van der Waals surface area contributed by atoms with Crippen LogP contribution in [0.3, 0.4) is 0 Å². The minimum Gasteiger partial charge on any atom is -0.495 e. The lowest BCUT2D eigenvalue weighted by Gasteiger charge is -2.10. The third-order valence-corrected chi connectivity index (χ3v) is 5.60. The summed E-state index contributed by atoms with van der Waals surface area (Å²) in [6.07, 6.45) is 0. The molecule has 176 valence electrons. The molecule has 0 aliphatic rings. The number of ether oxygens (including phenoxy) is 2. The number of rotatable bonds is 7. The number of anilines is 1. The Bertz CT molecular complexity index is 1210. The topological polar surface area (TPSA) is 89.0 Å². The first-order valence-corrected chi connectivity index (χ1v) is 11.1. The molecular weight excluding hydrogens is 501 g/mol. The van der Waals surface area contributed by atoms with Crippen LogP contribution in [0.4, 0.5) is 5.69 Å². The van der Waals surface area contributed by atoms with Gasteiger partial charge in [0.1, 0.15) is 18.1 Å². The summed E-state index contributed by atoms with van der Waals surface area (Å²) < 4.78 is 10.9. The summed E-state index contributed by atoms with van der Waals surface area (Å²) in [6, 6.07) is 16.9. The van der Waals surface area contributed by atoms with E-state index in [1.165, 1.54) is 13.2 Å².